The fourth-order valence-corrected chi connectivity index (χ4v) is 1.84. The lowest BCUT2D eigenvalue weighted by Crippen LogP contribution is -2.03. The zero-order valence-electron chi connectivity index (χ0n) is 11.4. The van der Waals surface area contributed by atoms with Gasteiger partial charge in [0.05, 0.1) is 25.5 Å². The Morgan fingerprint density at radius 3 is 2.80 bits per heavy atom. The lowest BCUT2D eigenvalue weighted by Gasteiger charge is -2.10. The predicted octanol–water partition coefficient (Wildman–Crippen LogP) is 2.58. The van der Waals surface area contributed by atoms with E-state index in [0.717, 1.165) is 11.3 Å². The third-order valence-electron chi connectivity index (χ3n) is 2.83. The van der Waals surface area contributed by atoms with Crippen LogP contribution in [0.5, 0.6) is 11.6 Å². The van der Waals surface area contributed by atoms with Crippen LogP contribution in [-0.4, -0.2) is 19.2 Å². The SMILES string of the molecule is COc1ccc(CNc2cccnc2OC)cc1C#N. The Morgan fingerprint density at radius 1 is 1.25 bits per heavy atom. The molecule has 0 aliphatic carbocycles. The first-order valence-electron chi connectivity index (χ1n) is 6.08. The number of hydrogen-bond donors (Lipinski definition) is 1. The summed E-state index contributed by atoms with van der Waals surface area (Å²) in [5.41, 5.74) is 2.31. The fraction of sp³-hybridized carbons (Fsp3) is 0.200. The van der Waals surface area contributed by atoms with Crippen LogP contribution in [0.2, 0.25) is 0 Å². The molecule has 0 fully saturated rings. The van der Waals surface area contributed by atoms with Gasteiger partial charge in [0.15, 0.2) is 0 Å². The van der Waals surface area contributed by atoms with Crippen molar-refractivity contribution in [2.45, 2.75) is 6.54 Å². The zero-order valence-corrected chi connectivity index (χ0v) is 11.4. The van der Waals surface area contributed by atoms with Gasteiger partial charge in [-0.15, -0.1) is 0 Å². The Kier molecular flexibility index (Phi) is 4.40. The molecule has 5 nitrogen and oxygen atoms in total. The van der Waals surface area contributed by atoms with E-state index in [1.165, 1.54) is 0 Å². The van der Waals surface area contributed by atoms with Crippen LogP contribution in [0.1, 0.15) is 11.1 Å². The van der Waals surface area contributed by atoms with Gasteiger partial charge in [0.25, 0.3) is 0 Å². The second-order valence-electron chi connectivity index (χ2n) is 4.06. The minimum atomic E-state index is 0.518. The number of nitriles is 1. The van der Waals surface area contributed by atoms with Gasteiger partial charge in [0, 0.05) is 12.7 Å². The minimum Gasteiger partial charge on any atom is -0.495 e. The smallest absolute Gasteiger partial charge is 0.237 e. The molecule has 5 heteroatoms. The summed E-state index contributed by atoms with van der Waals surface area (Å²) in [6, 6.07) is 11.3. The summed E-state index contributed by atoms with van der Waals surface area (Å²) in [4.78, 5) is 4.11. The third-order valence-corrected chi connectivity index (χ3v) is 2.83. The zero-order chi connectivity index (χ0) is 14.4. The molecule has 0 atom stereocenters. The molecule has 0 spiro atoms. The standard InChI is InChI=1S/C15H15N3O2/c1-19-14-6-5-11(8-12(14)9-16)10-18-13-4-3-7-17-15(13)20-2/h3-8,18H,10H2,1-2H3. The third kappa shape index (κ3) is 2.98. The summed E-state index contributed by atoms with van der Waals surface area (Å²) in [7, 11) is 3.13. The van der Waals surface area contributed by atoms with Crippen LogP contribution in [0.15, 0.2) is 36.5 Å². The first kappa shape index (κ1) is 13.7. The molecule has 20 heavy (non-hydrogen) atoms. The summed E-state index contributed by atoms with van der Waals surface area (Å²) in [5.74, 6) is 1.12. The highest BCUT2D eigenvalue weighted by molar-refractivity contribution is 5.53. The normalized spacial score (nSPS) is 9.65. The quantitative estimate of drug-likeness (QED) is 0.903. The van der Waals surface area contributed by atoms with Gasteiger partial charge in [0.2, 0.25) is 5.88 Å². The highest BCUT2D eigenvalue weighted by Gasteiger charge is 2.05. The highest BCUT2D eigenvalue weighted by Crippen LogP contribution is 2.22. The van der Waals surface area contributed by atoms with Crippen LogP contribution in [0.25, 0.3) is 0 Å². The Balaban J connectivity index is 2.13. The maximum absolute atomic E-state index is 9.06. The van der Waals surface area contributed by atoms with Crippen molar-refractivity contribution in [3.05, 3.63) is 47.7 Å². The number of ether oxygens (including phenoxy) is 2. The number of anilines is 1. The lowest BCUT2D eigenvalue weighted by molar-refractivity contribution is 0.399. The van der Waals surface area contributed by atoms with Gasteiger partial charge in [0.1, 0.15) is 11.8 Å². The van der Waals surface area contributed by atoms with Crippen molar-refractivity contribution in [3.8, 4) is 17.7 Å². The van der Waals surface area contributed by atoms with Gasteiger partial charge in [-0.25, -0.2) is 4.98 Å². The van der Waals surface area contributed by atoms with Crippen LogP contribution in [0.3, 0.4) is 0 Å². The molecule has 1 aromatic heterocycles. The van der Waals surface area contributed by atoms with Crippen molar-refractivity contribution >= 4 is 5.69 Å². The van der Waals surface area contributed by atoms with Crippen LogP contribution in [-0.2, 0) is 6.54 Å². The second-order valence-corrected chi connectivity index (χ2v) is 4.06. The molecule has 0 aliphatic rings. The van der Waals surface area contributed by atoms with Crippen LogP contribution in [0.4, 0.5) is 5.69 Å². The van der Waals surface area contributed by atoms with Gasteiger partial charge >= 0.3 is 0 Å². The summed E-state index contributed by atoms with van der Waals surface area (Å²) >= 11 is 0. The molecule has 2 rings (SSSR count). The van der Waals surface area contributed by atoms with Gasteiger partial charge < -0.3 is 14.8 Å². The molecule has 0 amide bonds. The van der Waals surface area contributed by atoms with E-state index in [4.69, 9.17) is 14.7 Å². The fourth-order valence-electron chi connectivity index (χ4n) is 1.84. The molecule has 0 saturated heterocycles. The molecule has 0 aliphatic heterocycles. The van der Waals surface area contributed by atoms with Crippen molar-refractivity contribution in [1.82, 2.24) is 4.98 Å². The number of hydrogen-bond acceptors (Lipinski definition) is 5. The van der Waals surface area contributed by atoms with E-state index < -0.39 is 0 Å². The number of benzene rings is 1. The summed E-state index contributed by atoms with van der Waals surface area (Å²) in [5, 5.41) is 12.3. The van der Waals surface area contributed by atoms with Crippen molar-refractivity contribution in [2.24, 2.45) is 0 Å². The molecule has 0 unspecified atom stereocenters. The summed E-state index contributed by atoms with van der Waals surface area (Å²) in [6.07, 6.45) is 1.67. The Bertz CT molecular complexity index is 635. The highest BCUT2D eigenvalue weighted by atomic mass is 16.5. The molecule has 1 heterocycles. The lowest BCUT2D eigenvalue weighted by atomic mass is 10.1. The van der Waals surface area contributed by atoms with Gasteiger partial charge in [-0.2, -0.15) is 5.26 Å². The van der Waals surface area contributed by atoms with E-state index in [9.17, 15) is 0 Å². The van der Waals surface area contributed by atoms with Gasteiger partial charge in [-0.3, -0.25) is 0 Å². The molecule has 0 radical (unpaired) electrons. The average Bonchev–Trinajstić information content (AvgIpc) is 2.52. The Hall–Kier alpha value is -2.74. The number of aromatic nitrogens is 1. The Labute approximate surface area is 117 Å². The summed E-state index contributed by atoms with van der Waals surface area (Å²) < 4.78 is 10.3. The van der Waals surface area contributed by atoms with Crippen molar-refractivity contribution in [2.75, 3.05) is 19.5 Å². The molecule has 1 N–H and O–H groups in total. The number of pyridine rings is 1. The molecule has 0 saturated carbocycles. The van der Waals surface area contributed by atoms with Crippen molar-refractivity contribution in [3.63, 3.8) is 0 Å². The maximum Gasteiger partial charge on any atom is 0.237 e. The predicted molar refractivity (Wildman–Crippen MR) is 75.8 cm³/mol. The number of nitrogens with zero attached hydrogens (tertiary/aromatic N) is 2. The topological polar surface area (TPSA) is 67.2 Å². The largest absolute Gasteiger partial charge is 0.495 e. The molecule has 0 bridgehead atoms. The summed E-state index contributed by atoms with van der Waals surface area (Å²) in [6.45, 7) is 0.570. The maximum atomic E-state index is 9.06. The van der Waals surface area contributed by atoms with E-state index in [1.54, 1.807) is 32.5 Å². The Morgan fingerprint density at radius 2 is 2.10 bits per heavy atom. The molecule has 102 valence electrons. The molecule has 1 aromatic carbocycles. The first-order valence-corrected chi connectivity index (χ1v) is 6.08. The van der Waals surface area contributed by atoms with Crippen LogP contribution in [0, 0.1) is 11.3 Å². The van der Waals surface area contributed by atoms with E-state index >= 15 is 0 Å². The van der Waals surface area contributed by atoms with E-state index in [0.29, 0.717) is 23.7 Å². The monoisotopic (exact) mass is 269 g/mol. The van der Waals surface area contributed by atoms with Crippen molar-refractivity contribution in [1.29, 1.82) is 5.26 Å². The van der Waals surface area contributed by atoms with Crippen LogP contribution < -0.4 is 14.8 Å². The van der Waals surface area contributed by atoms with E-state index in [-0.39, 0.29) is 0 Å². The van der Waals surface area contributed by atoms with E-state index in [1.807, 2.05) is 18.2 Å². The van der Waals surface area contributed by atoms with Gasteiger partial charge in [-0.1, -0.05) is 6.07 Å². The van der Waals surface area contributed by atoms with Gasteiger partial charge in [-0.05, 0) is 29.8 Å². The number of nitrogens with one attached hydrogen (secondary N) is 1. The number of rotatable bonds is 5. The average molecular weight is 269 g/mol. The van der Waals surface area contributed by atoms with Crippen molar-refractivity contribution < 1.29 is 9.47 Å². The molecular formula is C15H15N3O2. The second kappa shape index (κ2) is 6.43. The molecular weight excluding hydrogens is 254 g/mol. The number of methoxy groups -OCH3 is 2. The minimum absolute atomic E-state index is 0.518. The van der Waals surface area contributed by atoms with E-state index in [2.05, 4.69) is 16.4 Å². The van der Waals surface area contributed by atoms with Crippen LogP contribution >= 0.6 is 0 Å². The molecule has 2 aromatic rings. The first-order chi connectivity index (χ1) is 9.78.